The number of carboxylic acid groups (broad SMARTS) is 1. The van der Waals surface area contributed by atoms with E-state index >= 15 is 0 Å². The average Bonchev–Trinajstić information content (AvgIpc) is 2.82. The standard InChI is InChI=1S/C11H6BrIN2O3S/c12-6-3-5(13)1-2-7(6)14-9(16)10-15-8(4-19-10)11(17)18/h1-4H,(H,14,16)(H,17,18). The van der Waals surface area contributed by atoms with Crippen molar-refractivity contribution in [3.05, 3.63) is 42.3 Å². The molecule has 5 nitrogen and oxygen atoms in total. The molecular weight excluding hydrogens is 447 g/mol. The number of hydrogen-bond donors (Lipinski definition) is 2. The lowest BCUT2D eigenvalue weighted by atomic mass is 10.3. The Bertz CT molecular complexity index is 659. The number of anilines is 1. The van der Waals surface area contributed by atoms with E-state index in [1.165, 1.54) is 5.38 Å². The number of carbonyl (C=O) groups excluding carboxylic acids is 1. The Morgan fingerprint density at radius 2 is 2.16 bits per heavy atom. The van der Waals surface area contributed by atoms with Gasteiger partial charge in [-0.15, -0.1) is 11.3 Å². The summed E-state index contributed by atoms with van der Waals surface area (Å²) in [6.45, 7) is 0. The van der Waals surface area contributed by atoms with Crippen molar-refractivity contribution in [1.82, 2.24) is 4.98 Å². The van der Waals surface area contributed by atoms with E-state index in [4.69, 9.17) is 5.11 Å². The molecule has 0 aliphatic carbocycles. The van der Waals surface area contributed by atoms with E-state index in [1.807, 2.05) is 12.1 Å². The number of nitrogens with zero attached hydrogens (tertiary/aromatic N) is 1. The molecule has 2 aromatic rings. The van der Waals surface area contributed by atoms with Crippen LogP contribution in [0.15, 0.2) is 28.1 Å². The largest absolute Gasteiger partial charge is 0.476 e. The van der Waals surface area contributed by atoms with Crippen LogP contribution < -0.4 is 5.32 Å². The molecule has 8 heteroatoms. The van der Waals surface area contributed by atoms with Gasteiger partial charge in [0.25, 0.3) is 5.91 Å². The fraction of sp³-hybridized carbons (Fsp3) is 0. The summed E-state index contributed by atoms with van der Waals surface area (Å²) in [7, 11) is 0. The van der Waals surface area contributed by atoms with Crippen molar-refractivity contribution in [1.29, 1.82) is 0 Å². The maximum absolute atomic E-state index is 11.9. The van der Waals surface area contributed by atoms with E-state index in [2.05, 4.69) is 48.8 Å². The van der Waals surface area contributed by atoms with Gasteiger partial charge in [-0.25, -0.2) is 9.78 Å². The van der Waals surface area contributed by atoms with E-state index < -0.39 is 11.9 Å². The predicted octanol–water partition coefficient (Wildman–Crippen LogP) is 3.46. The lowest BCUT2D eigenvalue weighted by Crippen LogP contribution is -2.12. The van der Waals surface area contributed by atoms with Gasteiger partial charge in [0, 0.05) is 13.4 Å². The Morgan fingerprint density at radius 1 is 1.42 bits per heavy atom. The zero-order chi connectivity index (χ0) is 14.0. The van der Waals surface area contributed by atoms with E-state index in [-0.39, 0.29) is 10.7 Å². The molecule has 1 heterocycles. The number of carboxylic acids is 1. The van der Waals surface area contributed by atoms with Crippen molar-refractivity contribution >= 4 is 67.4 Å². The maximum Gasteiger partial charge on any atom is 0.355 e. The van der Waals surface area contributed by atoms with Crippen LogP contribution in [-0.4, -0.2) is 22.0 Å². The van der Waals surface area contributed by atoms with Crippen molar-refractivity contribution < 1.29 is 14.7 Å². The van der Waals surface area contributed by atoms with Gasteiger partial charge in [0.1, 0.15) is 0 Å². The molecule has 0 aliphatic rings. The Kier molecular flexibility index (Phi) is 4.53. The first-order chi connectivity index (χ1) is 8.97. The summed E-state index contributed by atoms with van der Waals surface area (Å²) in [5.74, 6) is -1.58. The average molecular weight is 453 g/mol. The molecular formula is C11H6BrIN2O3S. The molecule has 1 aromatic carbocycles. The van der Waals surface area contributed by atoms with Gasteiger partial charge < -0.3 is 10.4 Å². The molecule has 98 valence electrons. The summed E-state index contributed by atoms with van der Waals surface area (Å²) in [6.07, 6.45) is 0. The van der Waals surface area contributed by atoms with Gasteiger partial charge in [0.15, 0.2) is 10.7 Å². The number of rotatable bonds is 3. The Morgan fingerprint density at radius 3 is 2.74 bits per heavy atom. The minimum atomic E-state index is -1.15. The normalized spacial score (nSPS) is 10.2. The topological polar surface area (TPSA) is 79.3 Å². The summed E-state index contributed by atoms with van der Waals surface area (Å²) < 4.78 is 1.78. The van der Waals surface area contributed by atoms with Crippen molar-refractivity contribution in [3.8, 4) is 0 Å². The molecule has 0 radical (unpaired) electrons. The van der Waals surface area contributed by atoms with Crippen molar-refractivity contribution in [2.24, 2.45) is 0 Å². The Labute approximate surface area is 134 Å². The van der Waals surface area contributed by atoms with Crippen LogP contribution in [0.5, 0.6) is 0 Å². The highest BCUT2D eigenvalue weighted by Crippen LogP contribution is 2.25. The second kappa shape index (κ2) is 5.97. The minimum absolute atomic E-state index is 0.114. The van der Waals surface area contributed by atoms with Gasteiger partial charge in [0.2, 0.25) is 0 Å². The monoisotopic (exact) mass is 452 g/mol. The van der Waals surface area contributed by atoms with E-state index in [9.17, 15) is 9.59 Å². The van der Waals surface area contributed by atoms with Crippen molar-refractivity contribution in [3.63, 3.8) is 0 Å². The van der Waals surface area contributed by atoms with Crippen LogP contribution >= 0.6 is 49.9 Å². The van der Waals surface area contributed by atoms with Gasteiger partial charge in [0.05, 0.1) is 5.69 Å². The summed E-state index contributed by atoms with van der Waals surface area (Å²) >= 11 is 6.50. The molecule has 0 saturated heterocycles. The number of benzene rings is 1. The van der Waals surface area contributed by atoms with E-state index in [0.717, 1.165) is 19.4 Å². The van der Waals surface area contributed by atoms with Crippen LogP contribution in [-0.2, 0) is 0 Å². The number of hydrogen-bond acceptors (Lipinski definition) is 4. The molecule has 0 aliphatic heterocycles. The summed E-state index contributed by atoms with van der Waals surface area (Å²) in [6, 6.07) is 5.47. The van der Waals surface area contributed by atoms with Gasteiger partial charge >= 0.3 is 5.97 Å². The highest BCUT2D eigenvalue weighted by molar-refractivity contribution is 14.1. The number of amides is 1. The number of aromatic carboxylic acids is 1. The van der Waals surface area contributed by atoms with E-state index in [0.29, 0.717) is 5.69 Å². The SMILES string of the molecule is O=C(O)c1csc(C(=O)Nc2ccc(I)cc2Br)n1. The number of carbonyl (C=O) groups is 2. The molecule has 2 N–H and O–H groups in total. The smallest absolute Gasteiger partial charge is 0.355 e. The molecule has 0 unspecified atom stereocenters. The lowest BCUT2D eigenvalue weighted by molar-refractivity contribution is 0.0691. The third kappa shape index (κ3) is 3.51. The van der Waals surface area contributed by atoms with Crippen LogP contribution in [0.4, 0.5) is 5.69 Å². The van der Waals surface area contributed by atoms with Gasteiger partial charge in [-0.05, 0) is 56.7 Å². The van der Waals surface area contributed by atoms with Crippen LogP contribution in [0.3, 0.4) is 0 Å². The Hall–Kier alpha value is -1.000. The molecule has 19 heavy (non-hydrogen) atoms. The van der Waals surface area contributed by atoms with Gasteiger partial charge in [-0.2, -0.15) is 0 Å². The number of nitrogens with one attached hydrogen (secondary N) is 1. The third-order valence-electron chi connectivity index (χ3n) is 2.10. The minimum Gasteiger partial charge on any atom is -0.476 e. The molecule has 0 saturated carbocycles. The summed E-state index contributed by atoms with van der Waals surface area (Å²) in [5, 5.41) is 12.9. The van der Waals surface area contributed by atoms with Crippen molar-refractivity contribution in [2.45, 2.75) is 0 Å². The van der Waals surface area contributed by atoms with Crippen LogP contribution in [0.1, 0.15) is 20.3 Å². The molecule has 1 amide bonds. The van der Waals surface area contributed by atoms with Crippen molar-refractivity contribution in [2.75, 3.05) is 5.32 Å². The lowest BCUT2D eigenvalue weighted by Gasteiger charge is -2.05. The summed E-state index contributed by atoms with van der Waals surface area (Å²) in [5.41, 5.74) is 0.481. The van der Waals surface area contributed by atoms with Crippen LogP contribution in [0.25, 0.3) is 0 Å². The third-order valence-corrected chi connectivity index (χ3v) is 4.27. The number of halogens is 2. The molecule has 0 spiro atoms. The van der Waals surface area contributed by atoms with E-state index in [1.54, 1.807) is 6.07 Å². The second-order valence-corrected chi connectivity index (χ2v) is 6.38. The fourth-order valence-electron chi connectivity index (χ4n) is 1.24. The first-order valence-corrected chi connectivity index (χ1v) is 7.67. The molecule has 2 rings (SSSR count). The zero-order valence-corrected chi connectivity index (χ0v) is 13.7. The molecule has 0 atom stereocenters. The van der Waals surface area contributed by atoms with Gasteiger partial charge in [-0.3, -0.25) is 4.79 Å². The maximum atomic E-state index is 11.9. The first-order valence-electron chi connectivity index (χ1n) is 4.92. The number of thiazole rings is 1. The zero-order valence-electron chi connectivity index (χ0n) is 9.18. The Balaban J connectivity index is 2.18. The molecule has 0 bridgehead atoms. The van der Waals surface area contributed by atoms with Crippen LogP contribution in [0.2, 0.25) is 0 Å². The van der Waals surface area contributed by atoms with Crippen LogP contribution in [0, 0.1) is 3.57 Å². The second-order valence-electron chi connectivity index (χ2n) is 3.42. The molecule has 0 fully saturated rings. The first kappa shape index (κ1) is 14.4. The summed E-state index contributed by atoms with van der Waals surface area (Å²) in [4.78, 5) is 26.3. The number of aromatic nitrogens is 1. The van der Waals surface area contributed by atoms with Gasteiger partial charge in [-0.1, -0.05) is 0 Å². The predicted molar refractivity (Wildman–Crippen MR) is 83.9 cm³/mol. The molecule has 1 aromatic heterocycles. The highest BCUT2D eigenvalue weighted by atomic mass is 127. The highest BCUT2D eigenvalue weighted by Gasteiger charge is 2.15. The fourth-order valence-corrected chi connectivity index (χ4v) is 3.33. The quantitative estimate of drug-likeness (QED) is 0.699.